The summed E-state index contributed by atoms with van der Waals surface area (Å²) in [7, 11) is 0. The van der Waals surface area contributed by atoms with Crippen LogP contribution in [0.4, 0.5) is 0 Å². The van der Waals surface area contributed by atoms with Gasteiger partial charge in [-0.25, -0.2) is 0 Å². The summed E-state index contributed by atoms with van der Waals surface area (Å²) in [6, 6.07) is 26.5. The molecule has 1 aliphatic heterocycles. The lowest BCUT2D eigenvalue weighted by atomic mass is 10.0. The van der Waals surface area contributed by atoms with Crippen molar-refractivity contribution in [3.05, 3.63) is 90.6 Å². The number of ether oxygens (including phenoxy) is 2. The lowest BCUT2D eigenvalue weighted by Crippen LogP contribution is -2.38. The van der Waals surface area contributed by atoms with Crippen LogP contribution in [0.5, 0.6) is 5.75 Å². The lowest BCUT2D eigenvalue weighted by Gasteiger charge is -2.26. The zero-order valence-electron chi connectivity index (χ0n) is 19.9. The number of nitrogens with one attached hydrogen (secondary N) is 1. The molecule has 180 valence electrons. The first-order valence-electron chi connectivity index (χ1n) is 12.2. The van der Waals surface area contributed by atoms with Crippen LogP contribution in [-0.2, 0) is 22.6 Å². The van der Waals surface area contributed by atoms with Crippen LogP contribution in [0.3, 0.4) is 0 Å². The average molecular weight is 470 g/mol. The van der Waals surface area contributed by atoms with E-state index in [2.05, 4.69) is 40.5 Å². The Morgan fingerprint density at radius 2 is 1.71 bits per heavy atom. The molecule has 3 aromatic carbocycles. The zero-order chi connectivity index (χ0) is 23.9. The molecule has 1 fully saturated rings. The number of aromatic nitrogens is 1. The third kappa shape index (κ3) is 5.91. The number of nitrogens with zero attached hydrogens (tertiary/aromatic N) is 2. The molecule has 0 unspecified atom stereocenters. The topological polar surface area (TPSA) is 55.7 Å². The summed E-state index contributed by atoms with van der Waals surface area (Å²) in [4.78, 5) is 14.9. The summed E-state index contributed by atoms with van der Waals surface area (Å²) in [5, 5.41) is 4.14. The van der Waals surface area contributed by atoms with E-state index in [9.17, 15) is 4.79 Å². The van der Waals surface area contributed by atoms with Crippen LogP contribution < -0.4 is 10.1 Å². The maximum Gasteiger partial charge on any atom is 0.240 e. The molecule has 4 aromatic rings. The largest absolute Gasteiger partial charge is 0.492 e. The average Bonchev–Trinajstić information content (AvgIpc) is 3.32. The Balaban J connectivity index is 1.21. The van der Waals surface area contributed by atoms with Gasteiger partial charge in [-0.3, -0.25) is 9.69 Å². The molecule has 1 N–H and O–H groups in total. The second-order valence-corrected chi connectivity index (χ2v) is 8.77. The normalized spacial score (nSPS) is 14.2. The molecule has 35 heavy (non-hydrogen) atoms. The van der Waals surface area contributed by atoms with Crippen LogP contribution >= 0.6 is 0 Å². The first-order valence-corrected chi connectivity index (χ1v) is 12.2. The molecule has 1 saturated heterocycles. The molecule has 6 heteroatoms. The van der Waals surface area contributed by atoms with E-state index in [0.717, 1.165) is 66.2 Å². The van der Waals surface area contributed by atoms with Crippen LogP contribution in [0.2, 0.25) is 0 Å². The smallest absolute Gasteiger partial charge is 0.240 e. The molecule has 1 amide bonds. The van der Waals surface area contributed by atoms with Crippen LogP contribution in [0, 0.1) is 0 Å². The molecular formula is C29H31N3O3. The zero-order valence-corrected chi connectivity index (χ0v) is 19.9. The molecule has 6 nitrogen and oxygen atoms in total. The summed E-state index contributed by atoms with van der Waals surface area (Å²) in [6.07, 6.45) is 1.99. The Kier molecular flexibility index (Phi) is 7.41. The molecule has 0 aliphatic carbocycles. The minimum atomic E-state index is -0.00432. The van der Waals surface area contributed by atoms with Gasteiger partial charge in [-0.1, -0.05) is 54.6 Å². The van der Waals surface area contributed by atoms with Gasteiger partial charge in [0.2, 0.25) is 5.91 Å². The van der Waals surface area contributed by atoms with Crippen molar-refractivity contribution in [3.63, 3.8) is 0 Å². The molecule has 0 atom stereocenters. The van der Waals surface area contributed by atoms with E-state index >= 15 is 0 Å². The molecule has 0 saturated carbocycles. The monoisotopic (exact) mass is 469 g/mol. The molecule has 0 radical (unpaired) electrons. The lowest BCUT2D eigenvalue weighted by molar-refractivity contribution is -0.121. The maximum atomic E-state index is 12.6. The van der Waals surface area contributed by atoms with Crippen LogP contribution in [0.25, 0.3) is 22.0 Å². The molecule has 2 heterocycles. The predicted octanol–water partition coefficient (Wildman–Crippen LogP) is 4.34. The van der Waals surface area contributed by atoms with Crippen LogP contribution in [0.1, 0.15) is 5.56 Å². The summed E-state index contributed by atoms with van der Waals surface area (Å²) < 4.78 is 13.4. The van der Waals surface area contributed by atoms with Gasteiger partial charge < -0.3 is 19.4 Å². The molecule has 0 spiro atoms. The quantitative estimate of drug-likeness (QED) is 0.396. The standard InChI is InChI=1S/C29H31N3O3/c33-29(30-21-23-5-2-1-3-6-23)22-32-14-13-27-26(7-4-8-28(27)32)24-9-11-25(12-10-24)35-20-17-31-15-18-34-19-16-31/h1-14H,15-22H2,(H,30,33). The number of amides is 1. The molecule has 0 bridgehead atoms. The Hall–Kier alpha value is -3.61. The van der Waals surface area contributed by atoms with Crippen molar-refractivity contribution in [2.24, 2.45) is 0 Å². The van der Waals surface area contributed by atoms with Crippen molar-refractivity contribution < 1.29 is 14.3 Å². The first-order chi connectivity index (χ1) is 17.3. The number of benzene rings is 3. The summed E-state index contributed by atoms with van der Waals surface area (Å²) >= 11 is 0. The highest BCUT2D eigenvalue weighted by molar-refractivity contribution is 5.96. The van der Waals surface area contributed by atoms with Gasteiger partial charge in [-0.05, 0) is 41.0 Å². The fourth-order valence-electron chi connectivity index (χ4n) is 4.47. The number of rotatable bonds is 9. The van der Waals surface area contributed by atoms with Gasteiger partial charge in [0.1, 0.15) is 18.9 Å². The molecular weight excluding hydrogens is 438 g/mol. The molecule has 1 aromatic heterocycles. The van der Waals surface area contributed by atoms with Gasteiger partial charge >= 0.3 is 0 Å². The maximum absolute atomic E-state index is 12.6. The summed E-state index contributed by atoms with van der Waals surface area (Å²) in [5.74, 6) is 0.872. The van der Waals surface area contributed by atoms with E-state index in [4.69, 9.17) is 9.47 Å². The van der Waals surface area contributed by atoms with Crippen molar-refractivity contribution in [2.75, 3.05) is 39.5 Å². The number of carbonyl (C=O) groups excluding carboxylic acids is 1. The summed E-state index contributed by atoms with van der Waals surface area (Å²) in [5.41, 5.74) is 4.41. The van der Waals surface area contributed by atoms with Gasteiger partial charge in [0, 0.05) is 43.3 Å². The number of morpholine rings is 1. The van der Waals surface area contributed by atoms with Crippen molar-refractivity contribution >= 4 is 16.8 Å². The number of hydrogen-bond acceptors (Lipinski definition) is 4. The van der Waals surface area contributed by atoms with Gasteiger partial charge in [-0.2, -0.15) is 0 Å². The Bertz CT molecular complexity index is 1250. The first kappa shape index (κ1) is 23.1. The molecule has 5 rings (SSSR count). The van der Waals surface area contributed by atoms with Crippen LogP contribution in [-0.4, -0.2) is 54.8 Å². The Morgan fingerprint density at radius 3 is 2.51 bits per heavy atom. The predicted molar refractivity (Wildman–Crippen MR) is 138 cm³/mol. The van der Waals surface area contributed by atoms with Crippen molar-refractivity contribution in [1.29, 1.82) is 0 Å². The van der Waals surface area contributed by atoms with Gasteiger partial charge in [0.15, 0.2) is 0 Å². The SMILES string of the molecule is O=C(Cn1ccc2c(-c3ccc(OCCN4CCOCC4)cc3)cccc21)NCc1ccccc1. The van der Waals surface area contributed by atoms with Crippen molar-refractivity contribution in [2.45, 2.75) is 13.1 Å². The van der Waals surface area contributed by atoms with E-state index in [-0.39, 0.29) is 12.5 Å². The highest BCUT2D eigenvalue weighted by atomic mass is 16.5. The number of hydrogen-bond donors (Lipinski definition) is 1. The fraction of sp³-hybridized carbons (Fsp3) is 0.276. The van der Waals surface area contributed by atoms with E-state index in [1.54, 1.807) is 0 Å². The summed E-state index contributed by atoms with van der Waals surface area (Å²) in [6.45, 7) is 5.96. The second kappa shape index (κ2) is 11.2. The third-order valence-corrected chi connectivity index (χ3v) is 6.41. The van der Waals surface area contributed by atoms with Crippen LogP contribution in [0.15, 0.2) is 85.1 Å². The van der Waals surface area contributed by atoms with E-state index in [0.29, 0.717) is 13.2 Å². The van der Waals surface area contributed by atoms with Gasteiger partial charge in [0.05, 0.1) is 13.2 Å². The fourth-order valence-corrected chi connectivity index (χ4v) is 4.47. The minimum absolute atomic E-state index is 0.00432. The van der Waals surface area contributed by atoms with Gasteiger partial charge in [0.25, 0.3) is 0 Å². The Labute approximate surface area is 206 Å². The Morgan fingerprint density at radius 1 is 0.914 bits per heavy atom. The van der Waals surface area contributed by atoms with E-state index in [1.165, 1.54) is 0 Å². The van der Waals surface area contributed by atoms with E-state index in [1.807, 2.05) is 59.3 Å². The minimum Gasteiger partial charge on any atom is -0.492 e. The van der Waals surface area contributed by atoms with Crippen molar-refractivity contribution in [1.82, 2.24) is 14.8 Å². The molecule has 1 aliphatic rings. The number of carbonyl (C=O) groups is 1. The van der Waals surface area contributed by atoms with Gasteiger partial charge in [-0.15, -0.1) is 0 Å². The van der Waals surface area contributed by atoms with Crippen molar-refractivity contribution in [3.8, 4) is 16.9 Å². The second-order valence-electron chi connectivity index (χ2n) is 8.77. The highest BCUT2D eigenvalue weighted by Crippen LogP contribution is 2.30. The third-order valence-electron chi connectivity index (χ3n) is 6.41. The number of fused-ring (bicyclic) bond motifs is 1. The highest BCUT2D eigenvalue weighted by Gasteiger charge is 2.12. The van der Waals surface area contributed by atoms with E-state index < -0.39 is 0 Å².